The lowest BCUT2D eigenvalue weighted by molar-refractivity contribution is -0.161. The molecule has 8 atom stereocenters. The quantitative estimate of drug-likeness (QED) is 0.0206. The van der Waals surface area contributed by atoms with E-state index in [1.807, 2.05) is 53.7 Å². The van der Waals surface area contributed by atoms with E-state index in [0.29, 0.717) is 62.0 Å². The summed E-state index contributed by atoms with van der Waals surface area (Å²) in [5.41, 5.74) is 7.55. The largest absolute Gasteiger partial charge is 0.480 e. The minimum absolute atomic E-state index is 0.0351. The highest BCUT2D eigenvalue weighted by Crippen LogP contribution is 2.42. The molecular weight excluding hydrogens is 1220 g/mol. The van der Waals surface area contributed by atoms with Crippen LogP contribution in [0.3, 0.4) is 0 Å². The molecule has 6 aromatic rings. The number of hydrogen-bond acceptors (Lipinski definition) is 9. The molecule has 12 nitrogen and oxygen atoms in total. The van der Waals surface area contributed by atoms with Gasteiger partial charge in [0.2, 0.25) is 0 Å². The molecule has 0 spiro atoms. The summed E-state index contributed by atoms with van der Waals surface area (Å²) in [5, 5.41) is 26.6. The highest BCUT2D eigenvalue weighted by molar-refractivity contribution is 6.29. The Morgan fingerprint density at radius 3 is 1.14 bits per heavy atom. The summed E-state index contributed by atoms with van der Waals surface area (Å²) in [6.45, 7) is 20.7. The molecule has 0 saturated heterocycles. The van der Waals surface area contributed by atoms with Gasteiger partial charge in [0, 0.05) is 0 Å². The summed E-state index contributed by atoms with van der Waals surface area (Å²) in [6, 6.07) is 46.3. The number of halogens is 3. The van der Waals surface area contributed by atoms with Crippen molar-refractivity contribution < 1.29 is 58.3 Å². The molecule has 8 unspecified atom stereocenters. The molecule has 6 rings (SSSR count). The van der Waals surface area contributed by atoms with Gasteiger partial charge in [-0.15, -0.1) is 34.8 Å². The standard InChI is InChI=1S/C77H93Cl3O12/c1-48(2)42-52-14-12-49(13-15-52)20-27-61(53-23-16-51(17-24-53)22-29-63(46-68(80)71(85)86)73(88)91-76(6,7)8)43-64(44-65(74(89)92-77(9,10)11)47-67(79)57-34-38-59(39-35-57)70(83)84)55-25-18-50(19-26-55)21-28-62(45-66(78)56-32-36-58(37-33-56)69(81)82)54-30-40-60(41-31-54)72(87)90-75(3,4)5/h12-19,23-26,30-41,48,61-68H,20-22,27-29,42-47H2,1-11H3,(H,81,82)(H,83,84)(H,85,86). The van der Waals surface area contributed by atoms with Gasteiger partial charge >= 0.3 is 35.8 Å². The summed E-state index contributed by atoms with van der Waals surface area (Å²) < 4.78 is 17.6. The molecule has 3 N–H and O–H groups in total. The van der Waals surface area contributed by atoms with Gasteiger partial charge in [-0.2, -0.15) is 0 Å². The Kier molecular flexibility index (Phi) is 27.1. The fraction of sp³-hybridized carbons (Fsp3) is 0.455. The van der Waals surface area contributed by atoms with Crippen molar-refractivity contribution in [3.63, 3.8) is 0 Å². The van der Waals surface area contributed by atoms with E-state index in [0.717, 1.165) is 52.6 Å². The minimum atomic E-state index is -1.26. The monoisotopic (exact) mass is 1310 g/mol. The minimum Gasteiger partial charge on any atom is -0.480 e. The molecule has 15 heteroatoms. The number of aryl methyl sites for hydroxylation is 3. The first-order valence-electron chi connectivity index (χ1n) is 32.0. The van der Waals surface area contributed by atoms with Gasteiger partial charge in [-0.1, -0.05) is 123 Å². The summed E-state index contributed by atoms with van der Waals surface area (Å²) >= 11 is 20.7. The molecule has 494 valence electrons. The molecule has 0 aliphatic rings. The Morgan fingerprint density at radius 2 is 0.728 bits per heavy atom. The number of hydrogen-bond donors (Lipinski definition) is 3. The molecule has 6 aromatic carbocycles. The van der Waals surface area contributed by atoms with Gasteiger partial charge < -0.3 is 29.5 Å². The maximum atomic E-state index is 14.7. The SMILES string of the molecule is CC(C)Cc1ccc(CCC(CC(CC(CC(Cl)c2ccc(C(=O)O)cc2)C(=O)OC(C)(C)C)c2ccc(CCC(CC(Cl)c3ccc(C(=O)O)cc3)c3ccc(C(=O)OC(C)(C)C)cc3)cc2)c2ccc(CCC(CC(Cl)C(=O)O)C(=O)OC(C)(C)C)cc2)cc1. The first-order valence-corrected chi connectivity index (χ1v) is 33.4. The van der Waals surface area contributed by atoms with Crippen LogP contribution in [0.2, 0.25) is 0 Å². The highest BCUT2D eigenvalue weighted by Gasteiger charge is 2.34. The molecule has 0 bridgehead atoms. The number of aliphatic carboxylic acids is 1. The second-order valence-electron chi connectivity index (χ2n) is 28.0. The van der Waals surface area contributed by atoms with Gasteiger partial charge in [0.1, 0.15) is 22.2 Å². The van der Waals surface area contributed by atoms with E-state index in [4.69, 9.17) is 49.0 Å². The van der Waals surface area contributed by atoms with Crippen LogP contribution in [0.5, 0.6) is 0 Å². The number of esters is 3. The normalized spacial score (nSPS) is 14.6. The van der Waals surface area contributed by atoms with Crippen LogP contribution in [0, 0.1) is 17.8 Å². The third-order valence-corrected chi connectivity index (χ3v) is 17.6. The van der Waals surface area contributed by atoms with E-state index >= 15 is 0 Å². The summed E-state index contributed by atoms with van der Waals surface area (Å²) in [4.78, 5) is 76.6. The fourth-order valence-corrected chi connectivity index (χ4v) is 12.5. The lowest BCUT2D eigenvalue weighted by Crippen LogP contribution is -2.31. The van der Waals surface area contributed by atoms with Crippen LogP contribution in [0.25, 0.3) is 0 Å². The highest BCUT2D eigenvalue weighted by atomic mass is 35.5. The van der Waals surface area contributed by atoms with Crippen molar-refractivity contribution in [1.82, 2.24) is 0 Å². The first kappa shape index (κ1) is 74.1. The van der Waals surface area contributed by atoms with Crippen molar-refractivity contribution in [2.75, 3.05) is 0 Å². The third-order valence-electron chi connectivity index (χ3n) is 16.3. The van der Waals surface area contributed by atoms with Crippen LogP contribution in [-0.4, -0.2) is 73.3 Å². The maximum absolute atomic E-state index is 14.7. The molecular formula is C77H93Cl3O12. The number of rotatable bonds is 32. The lowest BCUT2D eigenvalue weighted by Gasteiger charge is -2.30. The van der Waals surface area contributed by atoms with Gasteiger partial charge in [-0.3, -0.25) is 14.4 Å². The number of carboxylic acids is 3. The topological polar surface area (TPSA) is 191 Å². The number of carboxylic acid groups (broad SMARTS) is 3. The zero-order chi connectivity index (χ0) is 67.7. The zero-order valence-corrected chi connectivity index (χ0v) is 57.5. The molecule has 0 heterocycles. The predicted octanol–water partition coefficient (Wildman–Crippen LogP) is 18.9. The zero-order valence-electron chi connectivity index (χ0n) is 55.2. The third kappa shape index (κ3) is 24.5. The molecule has 0 aliphatic carbocycles. The van der Waals surface area contributed by atoms with E-state index in [1.165, 1.54) is 23.3 Å². The number of ether oxygens (including phenoxy) is 3. The van der Waals surface area contributed by atoms with Gasteiger partial charge in [0.15, 0.2) is 0 Å². The average Bonchev–Trinajstić information content (AvgIpc) is 0.954. The molecule has 0 radical (unpaired) electrons. The average molecular weight is 1320 g/mol. The molecule has 0 aliphatic heterocycles. The Hall–Kier alpha value is -6.99. The second-order valence-corrected chi connectivity index (χ2v) is 29.5. The first-order chi connectivity index (χ1) is 43.2. The van der Waals surface area contributed by atoms with E-state index in [1.54, 1.807) is 69.3 Å². The van der Waals surface area contributed by atoms with Crippen LogP contribution >= 0.6 is 34.8 Å². The van der Waals surface area contributed by atoms with Crippen molar-refractivity contribution in [3.05, 3.63) is 212 Å². The number of alkyl halides is 3. The van der Waals surface area contributed by atoms with Crippen LogP contribution in [0.15, 0.2) is 146 Å². The Bertz CT molecular complexity index is 3360. The smallest absolute Gasteiger partial charge is 0.338 e. The van der Waals surface area contributed by atoms with Gasteiger partial charge in [-0.25, -0.2) is 14.4 Å². The predicted molar refractivity (Wildman–Crippen MR) is 366 cm³/mol. The number of aromatic carboxylic acids is 2. The number of carbonyl (C=O) groups is 6. The molecule has 0 aromatic heterocycles. The molecule has 0 amide bonds. The van der Waals surface area contributed by atoms with E-state index in [-0.39, 0.29) is 47.7 Å². The van der Waals surface area contributed by atoms with E-state index < -0.39 is 74.6 Å². The van der Waals surface area contributed by atoms with Gasteiger partial charge in [0.25, 0.3) is 0 Å². The Labute approximate surface area is 559 Å². The second kappa shape index (κ2) is 33.7. The van der Waals surface area contributed by atoms with Crippen molar-refractivity contribution >= 4 is 70.6 Å². The molecule has 92 heavy (non-hydrogen) atoms. The fourth-order valence-electron chi connectivity index (χ4n) is 11.6. The molecule has 0 saturated carbocycles. The number of carbonyl (C=O) groups excluding carboxylic acids is 3. The van der Waals surface area contributed by atoms with Gasteiger partial charge in [0.05, 0.1) is 39.3 Å². The van der Waals surface area contributed by atoms with Crippen LogP contribution in [-0.2, 0) is 54.3 Å². The molecule has 0 fully saturated rings. The van der Waals surface area contributed by atoms with Crippen LogP contribution in [0.1, 0.15) is 237 Å². The number of benzene rings is 6. The van der Waals surface area contributed by atoms with Crippen molar-refractivity contribution in [2.24, 2.45) is 17.8 Å². The summed E-state index contributed by atoms with van der Waals surface area (Å²) in [6.07, 6.45) is 6.33. The van der Waals surface area contributed by atoms with E-state index in [9.17, 15) is 44.1 Å². The van der Waals surface area contributed by atoms with Crippen LogP contribution < -0.4 is 0 Å². The summed E-state index contributed by atoms with van der Waals surface area (Å²) in [5.74, 6) is -5.82. The van der Waals surface area contributed by atoms with Crippen molar-refractivity contribution in [1.29, 1.82) is 0 Å². The Morgan fingerprint density at radius 1 is 0.380 bits per heavy atom. The maximum Gasteiger partial charge on any atom is 0.338 e. The Balaban J connectivity index is 1.39. The van der Waals surface area contributed by atoms with Crippen LogP contribution in [0.4, 0.5) is 0 Å². The van der Waals surface area contributed by atoms with Crippen molar-refractivity contribution in [2.45, 2.75) is 204 Å². The van der Waals surface area contributed by atoms with E-state index in [2.05, 4.69) is 86.6 Å². The lowest BCUT2D eigenvalue weighted by atomic mass is 9.77. The van der Waals surface area contributed by atoms with Crippen molar-refractivity contribution in [3.8, 4) is 0 Å². The van der Waals surface area contributed by atoms with Gasteiger partial charge in [-0.05, 0) is 250 Å². The summed E-state index contributed by atoms with van der Waals surface area (Å²) in [7, 11) is 0.